The lowest BCUT2D eigenvalue weighted by molar-refractivity contribution is -0.115. The Morgan fingerprint density at radius 3 is 3.20 bits per heavy atom. The summed E-state index contributed by atoms with van der Waals surface area (Å²) < 4.78 is 5.40. The first kappa shape index (κ1) is 9.77. The number of hydrogen-bond donors (Lipinski definition) is 1. The van der Waals surface area contributed by atoms with Crippen molar-refractivity contribution >= 4 is 12.0 Å². The van der Waals surface area contributed by atoms with E-state index >= 15 is 0 Å². The summed E-state index contributed by atoms with van der Waals surface area (Å²) >= 11 is 0. The van der Waals surface area contributed by atoms with Crippen LogP contribution in [-0.4, -0.2) is 19.6 Å². The van der Waals surface area contributed by atoms with Crippen molar-refractivity contribution in [2.75, 3.05) is 13.7 Å². The maximum Gasteiger partial charge on any atom is 0.243 e. The Bertz CT molecular complexity index is 410. The highest BCUT2D eigenvalue weighted by Gasteiger charge is 2.10. The Labute approximate surface area is 88.8 Å². The molecule has 0 saturated heterocycles. The van der Waals surface area contributed by atoms with Gasteiger partial charge in [0.05, 0.1) is 6.61 Å². The average molecular weight is 203 g/mol. The van der Waals surface area contributed by atoms with Gasteiger partial charge < -0.3 is 10.1 Å². The maximum absolute atomic E-state index is 11.0. The molecule has 78 valence electrons. The Balaban J connectivity index is 2.16. The monoisotopic (exact) mass is 203 g/mol. The van der Waals surface area contributed by atoms with E-state index in [4.69, 9.17) is 4.74 Å². The second kappa shape index (κ2) is 4.17. The summed E-state index contributed by atoms with van der Waals surface area (Å²) in [6.07, 6.45) is 4.28. The van der Waals surface area contributed by atoms with Crippen LogP contribution in [0.2, 0.25) is 0 Å². The number of likely N-dealkylation sites (N-methyl/N-ethyl adjacent to an activating group) is 1. The van der Waals surface area contributed by atoms with E-state index in [-0.39, 0.29) is 5.91 Å². The SMILES string of the molecule is CNC(=O)/C=C/c1ccc2c(c1)CCO2. The van der Waals surface area contributed by atoms with Crippen LogP contribution in [0.25, 0.3) is 6.08 Å². The molecule has 0 saturated carbocycles. The van der Waals surface area contributed by atoms with Crippen molar-refractivity contribution in [2.24, 2.45) is 0 Å². The molecule has 1 aliphatic heterocycles. The lowest BCUT2D eigenvalue weighted by Crippen LogP contribution is -2.13. The first-order chi connectivity index (χ1) is 7.29. The zero-order valence-corrected chi connectivity index (χ0v) is 8.62. The van der Waals surface area contributed by atoms with Crippen LogP contribution in [-0.2, 0) is 11.2 Å². The molecule has 1 aromatic rings. The van der Waals surface area contributed by atoms with Crippen molar-refractivity contribution < 1.29 is 9.53 Å². The summed E-state index contributed by atoms with van der Waals surface area (Å²) in [7, 11) is 1.61. The molecule has 3 heteroatoms. The number of carbonyl (C=O) groups excluding carboxylic acids is 1. The molecular formula is C12H13NO2. The molecule has 1 aliphatic rings. The molecule has 0 fully saturated rings. The van der Waals surface area contributed by atoms with E-state index < -0.39 is 0 Å². The summed E-state index contributed by atoms with van der Waals surface area (Å²) in [5.74, 6) is 0.874. The Kier molecular flexibility index (Phi) is 2.72. The molecule has 0 bridgehead atoms. The van der Waals surface area contributed by atoms with Gasteiger partial charge in [-0.05, 0) is 29.3 Å². The minimum Gasteiger partial charge on any atom is -0.493 e. The lowest BCUT2D eigenvalue weighted by atomic mass is 10.1. The number of benzene rings is 1. The van der Waals surface area contributed by atoms with Crippen molar-refractivity contribution in [3.05, 3.63) is 35.4 Å². The lowest BCUT2D eigenvalue weighted by Gasteiger charge is -1.99. The van der Waals surface area contributed by atoms with Gasteiger partial charge in [0.15, 0.2) is 0 Å². The number of fused-ring (bicyclic) bond motifs is 1. The number of carbonyl (C=O) groups is 1. The summed E-state index contributed by atoms with van der Waals surface area (Å²) in [5.41, 5.74) is 2.25. The molecule has 1 N–H and O–H groups in total. The zero-order chi connectivity index (χ0) is 10.7. The van der Waals surface area contributed by atoms with Gasteiger partial charge in [0.2, 0.25) is 5.91 Å². The molecule has 0 aromatic heterocycles. The summed E-state index contributed by atoms with van der Waals surface area (Å²) in [6.45, 7) is 0.762. The van der Waals surface area contributed by atoms with Crippen LogP contribution in [0.5, 0.6) is 5.75 Å². The second-order valence-corrected chi connectivity index (χ2v) is 3.41. The fourth-order valence-corrected chi connectivity index (χ4v) is 1.57. The zero-order valence-electron chi connectivity index (χ0n) is 8.62. The number of nitrogens with one attached hydrogen (secondary N) is 1. The molecule has 0 spiro atoms. The molecule has 1 heterocycles. The minimum absolute atomic E-state index is 0.0910. The summed E-state index contributed by atoms with van der Waals surface area (Å²) in [4.78, 5) is 11.0. The highest BCUT2D eigenvalue weighted by molar-refractivity contribution is 5.91. The molecule has 1 amide bonds. The van der Waals surface area contributed by atoms with Crippen LogP contribution in [0.1, 0.15) is 11.1 Å². The van der Waals surface area contributed by atoms with Crippen LogP contribution in [0.4, 0.5) is 0 Å². The molecular weight excluding hydrogens is 190 g/mol. The van der Waals surface area contributed by atoms with E-state index in [1.807, 2.05) is 12.1 Å². The Morgan fingerprint density at radius 1 is 1.53 bits per heavy atom. The minimum atomic E-state index is -0.0910. The summed E-state index contributed by atoms with van der Waals surface area (Å²) in [6, 6.07) is 5.96. The van der Waals surface area contributed by atoms with E-state index in [1.165, 1.54) is 11.6 Å². The quantitative estimate of drug-likeness (QED) is 0.737. The van der Waals surface area contributed by atoms with Gasteiger partial charge in [0, 0.05) is 19.5 Å². The van der Waals surface area contributed by atoms with Crippen molar-refractivity contribution in [3.63, 3.8) is 0 Å². The molecule has 0 aliphatic carbocycles. The van der Waals surface area contributed by atoms with E-state index in [0.717, 1.165) is 24.3 Å². The third kappa shape index (κ3) is 2.18. The van der Waals surface area contributed by atoms with Gasteiger partial charge >= 0.3 is 0 Å². The number of ether oxygens (including phenoxy) is 1. The van der Waals surface area contributed by atoms with Crippen LogP contribution in [0.3, 0.4) is 0 Å². The summed E-state index contributed by atoms with van der Waals surface area (Å²) in [5, 5.41) is 2.54. The number of amides is 1. The van der Waals surface area contributed by atoms with Gasteiger partial charge in [0.25, 0.3) is 0 Å². The van der Waals surface area contributed by atoms with Crippen LogP contribution in [0, 0.1) is 0 Å². The number of rotatable bonds is 2. The molecule has 2 rings (SSSR count). The van der Waals surface area contributed by atoms with Gasteiger partial charge in [-0.3, -0.25) is 4.79 Å². The fourth-order valence-electron chi connectivity index (χ4n) is 1.57. The first-order valence-corrected chi connectivity index (χ1v) is 4.95. The first-order valence-electron chi connectivity index (χ1n) is 4.95. The van der Waals surface area contributed by atoms with Gasteiger partial charge in [-0.1, -0.05) is 6.07 Å². The molecule has 0 unspecified atom stereocenters. The third-order valence-corrected chi connectivity index (χ3v) is 2.39. The van der Waals surface area contributed by atoms with Crippen molar-refractivity contribution in [2.45, 2.75) is 6.42 Å². The van der Waals surface area contributed by atoms with Gasteiger partial charge in [-0.2, -0.15) is 0 Å². The van der Waals surface area contributed by atoms with Crippen molar-refractivity contribution in [1.29, 1.82) is 0 Å². The molecule has 1 aromatic carbocycles. The van der Waals surface area contributed by atoms with Gasteiger partial charge in [-0.15, -0.1) is 0 Å². The van der Waals surface area contributed by atoms with Crippen molar-refractivity contribution in [3.8, 4) is 5.75 Å². The standard InChI is InChI=1S/C12H13NO2/c1-13-12(14)5-3-9-2-4-11-10(8-9)6-7-15-11/h2-5,8H,6-7H2,1H3,(H,13,14)/b5-3+. The Morgan fingerprint density at radius 2 is 2.40 bits per heavy atom. The van der Waals surface area contributed by atoms with Crippen molar-refractivity contribution in [1.82, 2.24) is 5.32 Å². The van der Waals surface area contributed by atoms with E-state index in [2.05, 4.69) is 11.4 Å². The molecule has 3 nitrogen and oxygen atoms in total. The maximum atomic E-state index is 11.0. The van der Waals surface area contributed by atoms with Gasteiger partial charge in [-0.25, -0.2) is 0 Å². The highest BCUT2D eigenvalue weighted by Crippen LogP contribution is 2.26. The van der Waals surface area contributed by atoms with Crippen LogP contribution < -0.4 is 10.1 Å². The Hall–Kier alpha value is -1.77. The largest absolute Gasteiger partial charge is 0.493 e. The van der Waals surface area contributed by atoms with Crippen LogP contribution >= 0.6 is 0 Å². The average Bonchev–Trinajstić information content (AvgIpc) is 2.72. The highest BCUT2D eigenvalue weighted by atomic mass is 16.5. The predicted octanol–water partition coefficient (Wildman–Crippen LogP) is 1.38. The van der Waals surface area contributed by atoms with E-state index in [0.29, 0.717) is 0 Å². The molecule has 0 atom stereocenters. The smallest absolute Gasteiger partial charge is 0.243 e. The topological polar surface area (TPSA) is 38.3 Å². The van der Waals surface area contributed by atoms with E-state index in [9.17, 15) is 4.79 Å². The number of hydrogen-bond acceptors (Lipinski definition) is 2. The van der Waals surface area contributed by atoms with Crippen LogP contribution in [0.15, 0.2) is 24.3 Å². The predicted molar refractivity (Wildman–Crippen MR) is 58.7 cm³/mol. The van der Waals surface area contributed by atoms with E-state index in [1.54, 1.807) is 13.1 Å². The third-order valence-electron chi connectivity index (χ3n) is 2.39. The molecule has 0 radical (unpaired) electrons. The molecule has 15 heavy (non-hydrogen) atoms. The van der Waals surface area contributed by atoms with Gasteiger partial charge in [0.1, 0.15) is 5.75 Å². The fraction of sp³-hybridized carbons (Fsp3) is 0.250. The second-order valence-electron chi connectivity index (χ2n) is 3.41. The normalized spacial score (nSPS) is 13.7.